The van der Waals surface area contributed by atoms with Crippen molar-refractivity contribution in [3.05, 3.63) is 75.0 Å². The molecule has 4 nitrogen and oxygen atoms in total. The molecule has 0 unspecified atom stereocenters. The smallest absolute Gasteiger partial charge is 0.308 e. The van der Waals surface area contributed by atoms with E-state index in [0.717, 1.165) is 11.2 Å². The number of hydrogen-bond acceptors (Lipinski definition) is 2. The van der Waals surface area contributed by atoms with Crippen LogP contribution in [0, 0.1) is 6.92 Å². The molecule has 3 aromatic rings. The molecule has 0 radical (unpaired) electrons. The molecule has 0 saturated carbocycles. The van der Waals surface area contributed by atoms with Crippen molar-refractivity contribution in [1.29, 1.82) is 0 Å². The Morgan fingerprint density at radius 1 is 1.13 bits per heavy atom. The number of hydrogen-bond donors (Lipinski definition) is 1. The number of aromatic nitrogens is 1. The zero-order valence-corrected chi connectivity index (χ0v) is 13.2. The second-order valence-electron chi connectivity index (χ2n) is 5.29. The average molecular weight is 328 g/mol. The molecule has 5 heteroatoms. The Morgan fingerprint density at radius 3 is 2.43 bits per heavy atom. The number of carbonyl (C=O) groups is 1. The summed E-state index contributed by atoms with van der Waals surface area (Å²) in [4.78, 5) is 23.8. The van der Waals surface area contributed by atoms with Crippen LogP contribution in [0.5, 0.6) is 0 Å². The number of rotatable bonds is 3. The van der Waals surface area contributed by atoms with Crippen LogP contribution in [0.4, 0.5) is 0 Å². The Kier molecular flexibility index (Phi) is 3.92. The van der Waals surface area contributed by atoms with Crippen molar-refractivity contribution in [2.45, 2.75) is 13.3 Å². The van der Waals surface area contributed by atoms with Gasteiger partial charge in [0.2, 0.25) is 0 Å². The molecular formula is C18H14ClNO3. The molecule has 1 heterocycles. The first-order valence-electron chi connectivity index (χ1n) is 7.10. The zero-order valence-electron chi connectivity index (χ0n) is 12.4. The Hall–Kier alpha value is -2.59. The Morgan fingerprint density at radius 2 is 1.78 bits per heavy atom. The van der Waals surface area contributed by atoms with Gasteiger partial charge in [0.05, 0.1) is 11.9 Å². The molecule has 2 aromatic carbocycles. The van der Waals surface area contributed by atoms with Crippen molar-refractivity contribution in [3.63, 3.8) is 0 Å². The molecule has 0 bridgehead atoms. The van der Waals surface area contributed by atoms with E-state index in [1.54, 1.807) is 31.2 Å². The lowest BCUT2D eigenvalue weighted by Crippen LogP contribution is -2.20. The summed E-state index contributed by atoms with van der Waals surface area (Å²) in [6.45, 7) is 1.76. The van der Waals surface area contributed by atoms with Gasteiger partial charge in [0.15, 0.2) is 5.43 Å². The van der Waals surface area contributed by atoms with Crippen LogP contribution in [0.2, 0.25) is 5.02 Å². The van der Waals surface area contributed by atoms with Crippen LogP contribution < -0.4 is 5.43 Å². The summed E-state index contributed by atoms with van der Waals surface area (Å²) in [6.07, 6.45) is -0.302. The van der Waals surface area contributed by atoms with Crippen LogP contribution in [0.1, 0.15) is 11.3 Å². The topological polar surface area (TPSA) is 59.3 Å². The number of halogens is 1. The third kappa shape index (κ3) is 2.73. The monoisotopic (exact) mass is 327 g/mol. The first kappa shape index (κ1) is 15.3. The minimum Gasteiger partial charge on any atom is -0.481 e. The van der Waals surface area contributed by atoms with Gasteiger partial charge < -0.3 is 9.67 Å². The van der Waals surface area contributed by atoms with Crippen molar-refractivity contribution < 1.29 is 9.90 Å². The summed E-state index contributed by atoms with van der Waals surface area (Å²) < 4.78 is 1.89. The van der Waals surface area contributed by atoms with E-state index in [0.29, 0.717) is 21.7 Å². The summed E-state index contributed by atoms with van der Waals surface area (Å²) in [5.41, 5.74) is 2.26. The fraction of sp³-hybridized carbons (Fsp3) is 0.111. The molecule has 0 aliphatic rings. The molecule has 0 amide bonds. The minimum absolute atomic E-state index is 0.231. The Labute approximate surface area is 137 Å². The minimum atomic E-state index is -1.02. The number of carboxylic acids is 1. The summed E-state index contributed by atoms with van der Waals surface area (Å²) in [5, 5.41) is 10.2. The SMILES string of the molecule is Cc1c(CC(=O)O)c(=O)c2ccccc2n1-c1ccc(Cl)cc1. The third-order valence-electron chi connectivity index (χ3n) is 3.85. The van der Waals surface area contributed by atoms with Crippen LogP contribution in [-0.4, -0.2) is 15.6 Å². The highest BCUT2D eigenvalue weighted by molar-refractivity contribution is 6.30. The Bertz CT molecular complexity index is 958. The van der Waals surface area contributed by atoms with Crippen LogP contribution in [0.3, 0.4) is 0 Å². The first-order valence-corrected chi connectivity index (χ1v) is 7.48. The lowest BCUT2D eigenvalue weighted by molar-refractivity contribution is -0.136. The van der Waals surface area contributed by atoms with E-state index in [9.17, 15) is 9.59 Å². The Balaban J connectivity index is 2.42. The largest absolute Gasteiger partial charge is 0.481 e. The fourth-order valence-electron chi connectivity index (χ4n) is 2.79. The van der Waals surface area contributed by atoms with E-state index in [4.69, 9.17) is 16.7 Å². The van der Waals surface area contributed by atoms with Crippen LogP contribution in [0.15, 0.2) is 53.3 Å². The number of pyridine rings is 1. The second kappa shape index (κ2) is 5.89. The van der Waals surface area contributed by atoms with Gasteiger partial charge in [-0.05, 0) is 43.3 Å². The lowest BCUT2D eigenvalue weighted by atomic mass is 10.0. The van der Waals surface area contributed by atoms with Gasteiger partial charge in [0.25, 0.3) is 0 Å². The van der Waals surface area contributed by atoms with E-state index in [2.05, 4.69) is 0 Å². The van der Waals surface area contributed by atoms with Crippen LogP contribution >= 0.6 is 11.6 Å². The van der Waals surface area contributed by atoms with Gasteiger partial charge in [-0.1, -0.05) is 23.7 Å². The highest BCUT2D eigenvalue weighted by Gasteiger charge is 2.17. The summed E-state index contributed by atoms with van der Waals surface area (Å²) in [6, 6.07) is 14.4. The second-order valence-corrected chi connectivity index (χ2v) is 5.73. The summed E-state index contributed by atoms with van der Waals surface area (Å²) >= 11 is 5.95. The maximum Gasteiger partial charge on any atom is 0.308 e. The lowest BCUT2D eigenvalue weighted by Gasteiger charge is -2.18. The number of benzene rings is 2. The fourth-order valence-corrected chi connectivity index (χ4v) is 2.91. The highest BCUT2D eigenvalue weighted by atomic mass is 35.5. The van der Waals surface area contributed by atoms with E-state index >= 15 is 0 Å². The molecule has 0 fully saturated rings. The molecule has 0 aliphatic carbocycles. The van der Waals surface area contributed by atoms with Crippen LogP contribution in [0.25, 0.3) is 16.6 Å². The van der Waals surface area contributed by atoms with Gasteiger partial charge >= 0.3 is 5.97 Å². The van der Waals surface area contributed by atoms with E-state index < -0.39 is 5.97 Å². The standard InChI is InChI=1S/C18H14ClNO3/c1-11-15(10-17(21)22)18(23)14-4-2-3-5-16(14)20(11)13-8-6-12(19)7-9-13/h2-9H,10H2,1H3,(H,21,22). The molecule has 0 atom stereocenters. The van der Waals surface area contributed by atoms with Gasteiger partial charge in [-0.25, -0.2) is 0 Å². The predicted molar refractivity (Wildman–Crippen MR) is 90.6 cm³/mol. The summed E-state index contributed by atoms with van der Waals surface area (Å²) in [5.74, 6) is -1.02. The van der Waals surface area contributed by atoms with Gasteiger partial charge in [-0.15, -0.1) is 0 Å². The molecule has 116 valence electrons. The molecule has 3 rings (SSSR count). The van der Waals surface area contributed by atoms with Crippen molar-refractivity contribution in [2.24, 2.45) is 0 Å². The molecule has 0 saturated heterocycles. The van der Waals surface area contributed by atoms with Gasteiger partial charge in [-0.2, -0.15) is 0 Å². The molecule has 1 aromatic heterocycles. The number of aliphatic carboxylic acids is 1. The van der Waals surface area contributed by atoms with Gasteiger partial charge in [0.1, 0.15) is 0 Å². The van der Waals surface area contributed by atoms with E-state index in [1.807, 2.05) is 28.8 Å². The maximum absolute atomic E-state index is 12.6. The number of nitrogens with zero attached hydrogens (tertiary/aromatic N) is 1. The van der Waals surface area contributed by atoms with Crippen molar-refractivity contribution in [2.75, 3.05) is 0 Å². The number of fused-ring (bicyclic) bond motifs is 1. The molecule has 0 spiro atoms. The number of carboxylic acid groups (broad SMARTS) is 1. The molecular weight excluding hydrogens is 314 g/mol. The van der Waals surface area contributed by atoms with E-state index in [1.165, 1.54) is 0 Å². The highest BCUT2D eigenvalue weighted by Crippen LogP contribution is 2.23. The van der Waals surface area contributed by atoms with Crippen molar-refractivity contribution >= 4 is 28.5 Å². The average Bonchev–Trinajstić information content (AvgIpc) is 2.53. The van der Waals surface area contributed by atoms with E-state index in [-0.39, 0.29) is 11.8 Å². The van der Waals surface area contributed by atoms with Crippen LogP contribution in [-0.2, 0) is 11.2 Å². The quantitative estimate of drug-likeness (QED) is 0.800. The normalized spacial score (nSPS) is 10.9. The van der Waals surface area contributed by atoms with Gasteiger partial charge in [-0.3, -0.25) is 9.59 Å². The molecule has 1 N–H and O–H groups in total. The third-order valence-corrected chi connectivity index (χ3v) is 4.10. The maximum atomic E-state index is 12.6. The summed E-state index contributed by atoms with van der Waals surface area (Å²) in [7, 11) is 0. The van der Waals surface area contributed by atoms with Crippen molar-refractivity contribution in [3.8, 4) is 5.69 Å². The molecule has 23 heavy (non-hydrogen) atoms. The number of para-hydroxylation sites is 1. The first-order chi connectivity index (χ1) is 11.0. The molecule has 0 aliphatic heterocycles. The zero-order chi connectivity index (χ0) is 16.6. The van der Waals surface area contributed by atoms with Gasteiger partial charge in [0, 0.05) is 27.4 Å². The van der Waals surface area contributed by atoms with Crippen molar-refractivity contribution in [1.82, 2.24) is 4.57 Å². The predicted octanol–water partition coefficient (Wildman–Crippen LogP) is 3.58.